The third kappa shape index (κ3) is 4.16. The minimum Gasteiger partial charge on any atom is -0.490 e. The van der Waals surface area contributed by atoms with Crippen molar-refractivity contribution in [2.45, 2.75) is 11.8 Å². The molecule has 0 atom stereocenters. The molecule has 144 valence electrons. The maximum absolute atomic E-state index is 13.3. The zero-order valence-electron chi connectivity index (χ0n) is 15.2. The van der Waals surface area contributed by atoms with Gasteiger partial charge in [0.25, 0.3) is 10.0 Å². The summed E-state index contributed by atoms with van der Waals surface area (Å²) >= 11 is 9.50. The molecular formula is C19H20BrClN2O3S. The average molecular weight is 472 g/mol. The summed E-state index contributed by atoms with van der Waals surface area (Å²) in [4.78, 5) is 2.19. The van der Waals surface area contributed by atoms with Crippen LogP contribution in [-0.4, -0.2) is 44.5 Å². The van der Waals surface area contributed by atoms with E-state index in [1.165, 1.54) is 10.2 Å². The Morgan fingerprint density at radius 3 is 2.59 bits per heavy atom. The van der Waals surface area contributed by atoms with Gasteiger partial charge in [-0.2, -0.15) is 0 Å². The molecule has 3 rings (SSSR count). The maximum Gasteiger partial charge on any atom is 0.269 e. The maximum atomic E-state index is 13.3. The Balaban J connectivity index is 2.13. The zero-order chi connectivity index (χ0) is 19.8. The fourth-order valence-corrected chi connectivity index (χ4v) is 5.41. The smallest absolute Gasteiger partial charge is 0.269 e. The van der Waals surface area contributed by atoms with E-state index in [1.807, 2.05) is 25.9 Å². The normalized spacial score (nSPS) is 12.1. The molecule has 27 heavy (non-hydrogen) atoms. The molecule has 0 bridgehead atoms. The molecule has 2 aromatic carbocycles. The van der Waals surface area contributed by atoms with Crippen LogP contribution in [0.2, 0.25) is 5.02 Å². The van der Waals surface area contributed by atoms with Crippen molar-refractivity contribution in [1.29, 1.82) is 0 Å². The van der Waals surface area contributed by atoms with E-state index in [-0.39, 0.29) is 4.90 Å². The summed E-state index contributed by atoms with van der Waals surface area (Å²) in [5.74, 6) is 0.487. The molecule has 0 saturated heterocycles. The summed E-state index contributed by atoms with van der Waals surface area (Å²) in [5.41, 5.74) is 1.49. The van der Waals surface area contributed by atoms with Crippen molar-refractivity contribution in [3.8, 4) is 5.75 Å². The summed E-state index contributed by atoms with van der Waals surface area (Å²) in [6.07, 6.45) is 1.51. The molecule has 0 unspecified atom stereocenters. The summed E-state index contributed by atoms with van der Waals surface area (Å²) < 4.78 is 34.2. The molecule has 5 nitrogen and oxygen atoms in total. The van der Waals surface area contributed by atoms with Gasteiger partial charge in [-0.05, 0) is 72.8 Å². The fourth-order valence-electron chi connectivity index (χ4n) is 2.72. The van der Waals surface area contributed by atoms with Gasteiger partial charge in [0.15, 0.2) is 0 Å². The largest absolute Gasteiger partial charge is 0.490 e. The Morgan fingerprint density at radius 1 is 1.19 bits per heavy atom. The first-order chi connectivity index (χ1) is 12.7. The van der Waals surface area contributed by atoms with Crippen LogP contribution in [0.25, 0.3) is 10.9 Å². The van der Waals surface area contributed by atoms with Crippen molar-refractivity contribution >= 4 is 48.5 Å². The number of benzene rings is 2. The number of fused-ring (bicyclic) bond motifs is 1. The molecule has 0 fully saturated rings. The van der Waals surface area contributed by atoms with Crippen molar-refractivity contribution in [3.63, 3.8) is 0 Å². The number of rotatable bonds is 6. The van der Waals surface area contributed by atoms with E-state index in [4.69, 9.17) is 16.3 Å². The Bertz CT molecular complexity index is 1090. The van der Waals surface area contributed by atoms with E-state index in [0.717, 1.165) is 5.56 Å². The molecule has 0 aliphatic heterocycles. The minimum atomic E-state index is -3.81. The quantitative estimate of drug-likeness (QED) is 0.529. The van der Waals surface area contributed by atoms with Gasteiger partial charge in [-0.3, -0.25) is 0 Å². The van der Waals surface area contributed by atoms with Gasteiger partial charge in [-0.15, -0.1) is 0 Å². The van der Waals surface area contributed by atoms with Crippen LogP contribution in [0.3, 0.4) is 0 Å². The second-order valence-electron chi connectivity index (χ2n) is 6.54. The molecule has 8 heteroatoms. The second kappa shape index (κ2) is 7.83. The molecule has 0 N–H and O–H groups in total. The number of hydrogen-bond acceptors (Lipinski definition) is 4. The third-order valence-electron chi connectivity index (χ3n) is 4.12. The average Bonchev–Trinajstić information content (AvgIpc) is 2.93. The fraction of sp³-hybridized carbons (Fsp3) is 0.263. The van der Waals surface area contributed by atoms with Crippen molar-refractivity contribution in [2.75, 3.05) is 27.2 Å². The van der Waals surface area contributed by atoms with Crippen LogP contribution in [0.5, 0.6) is 5.75 Å². The van der Waals surface area contributed by atoms with Gasteiger partial charge >= 0.3 is 0 Å². The number of ether oxygens (including phenoxy) is 1. The lowest BCUT2D eigenvalue weighted by atomic mass is 10.2. The van der Waals surface area contributed by atoms with Crippen molar-refractivity contribution < 1.29 is 13.2 Å². The SMILES string of the molecule is Cc1ccc(S(=O)(=O)n2cc(OCCN(C)C)c3cc(Cl)ccc32)c(Br)c1. The number of hydrogen-bond donors (Lipinski definition) is 0. The zero-order valence-corrected chi connectivity index (χ0v) is 18.4. The van der Waals surface area contributed by atoms with Gasteiger partial charge in [-0.1, -0.05) is 17.7 Å². The summed E-state index contributed by atoms with van der Waals surface area (Å²) in [6, 6.07) is 10.2. The van der Waals surface area contributed by atoms with Gasteiger partial charge in [0.2, 0.25) is 0 Å². The highest BCUT2D eigenvalue weighted by molar-refractivity contribution is 9.10. The molecule has 3 aromatic rings. The highest BCUT2D eigenvalue weighted by atomic mass is 79.9. The lowest BCUT2D eigenvalue weighted by molar-refractivity contribution is 0.263. The molecule has 0 radical (unpaired) electrons. The molecule has 0 saturated carbocycles. The molecule has 0 aliphatic rings. The van der Waals surface area contributed by atoms with Crippen molar-refractivity contribution in [2.24, 2.45) is 0 Å². The topological polar surface area (TPSA) is 51.5 Å². The highest BCUT2D eigenvalue weighted by Gasteiger charge is 2.24. The van der Waals surface area contributed by atoms with Crippen LogP contribution in [-0.2, 0) is 10.0 Å². The highest BCUT2D eigenvalue weighted by Crippen LogP contribution is 2.34. The molecule has 0 aliphatic carbocycles. The molecule has 0 spiro atoms. The summed E-state index contributed by atoms with van der Waals surface area (Å²) in [5, 5.41) is 1.18. The number of likely N-dealkylation sites (N-methyl/N-ethyl adjacent to an activating group) is 1. The van der Waals surface area contributed by atoms with Crippen molar-refractivity contribution in [3.05, 3.63) is 57.7 Å². The van der Waals surface area contributed by atoms with Gasteiger partial charge in [0.05, 0.1) is 11.7 Å². The number of aromatic nitrogens is 1. The molecule has 1 aromatic heterocycles. The Labute approximate surface area is 172 Å². The van der Waals surface area contributed by atoms with Gasteiger partial charge in [0, 0.05) is 21.4 Å². The standard InChI is InChI=1S/C19H20BrClN2O3S/c1-13-4-7-19(16(20)10-13)27(24,25)23-12-18(26-9-8-22(2)3)15-11-14(21)5-6-17(15)23/h4-7,10-12H,8-9H2,1-3H3. The Hall–Kier alpha value is -1.54. The third-order valence-corrected chi connectivity index (χ3v) is 7.00. The number of aryl methyl sites for hydroxylation is 1. The van der Waals surface area contributed by atoms with Crippen molar-refractivity contribution in [1.82, 2.24) is 8.87 Å². The van der Waals surface area contributed by atoms with Crippen LogP contribution < -0.4 is 4.74 Å². The van der Waals surface area contributed by atoms with Gasteiger partial charge in [-0.25, -0.2) is 12.4 Å². The number of nitrogens with zero attached hydrogens (tertiary/aromatic N) is 2. The van der Waals surface area contributed by atoms with E-state index in [0.29, 0.717) is 39.3 Å². The lowest BCUT2D eigenvalue weighted by Gasteiger charge is -2.10. The van der Waals surface area contributed by atoms with Crippen LogP contribution in [0.1, 0.15) is 5.56 Å². The van der Waals surface area contributed by atoms with Gasteiger partial charge < -0.3 is 9.64 Å². The second-order valence-corrected chi connectivity index (χ2v) is 9.62. The first-order valence-corrected chi connectivity index (χ1v) is 10.9. The van der Waals surface area contributed by atoms with E-state index in [2.05, 4.69) is 15.9 Å². The minimum absolute atomic E-state index is 0.194. The van der Waals surface area contributed by atoms with Crippen LogP contribution in [0.4, 0.5) is 0 Å². The Kier molecular flexibility index (Phi) is 5.86. The summed E-state index contributed by atoms with van der Waals surface area (Å²) in [7, 11) is 0.0845. The van der Waals surface area contributed by atoms with E-state index >= 15 is 0 Å². The van der Waals surface area contributed by atoms with Crippen LogP contribution in [0, 0.1) is 6.92 Å². The van der Waals surface area contributed by atoms with E-state index < -0.39 is 10.0 Å². The predicted octanol–water partition coefficient (Wildman–Crippen LogP) is 4.54. The molecular weight excluding hydrogens is 452 g/mol. The monoisotopic (exact) mass is 470 g/mol. The Morgan fingerprint density at radius 2 is 1.93 bits per heavy atom. The lowest BCUT2D eigenvalue weighted by Crippen LogP contribution is -2.19. The predicted molar refractivity (Wildman–Crippen MR) is 112 cm³/mol. The van der Waals surface area contributed by atoms with Gasteiger partial charge in [0.1, 0.15) is 17.3 Å². The summed E-state index contributed by atoms with van der Waals surface area (Å²) in [6.45, 7) is 3.06. The van der Waals surface area contributed by atoms with Crippen LogP contribution >= 0.6 is 27.5 Å². The van der Waals surface area contributed by atoms with Crippen LogP contribution in [0.15, 0.2) is 52.0 Å². The first-order valence-electron chi connectivity index (χ1n) is 8.30. The number of halogens is 2. The van der Waals surface area contributed by atoms with E-state index in [9.17, 15) is 8.42 Å². The molecule has 0 amide bonds. The van der Waals surface area contributed by atoms with E-state index in [1.54, 1.807) is 36.4 Å². The first kappa shape index (κ1) is 20.2. The molecule has 1 heterocycles.